The summed E-state index contributed by atoms with van der Waals surface area (Å²) in [4.78, 5) is 0. The van der Waals surface area contributed by atoms with E-state index in [0.717, 1.165) is 0 Å². The molecule has 0 heterocycles. The third kappa shape index (κ3) is 2.22. The SMILES string of the molecule is C\C=c1/c(C)ccc/c1=C/C=C\N. The van der Waals surface area contributed by atoms with E-state index in [1.165, 1.54) is 16.0 Å². The normalized spacial score (nSPS) is 14.3. The van der Waals surface area contributed by atoms with E-state index in [9.17, 15) is 0 Å². The fourth-order valence-electron chi connectivity index (χ4n) is 1.40. The molecule has 0 unspecified atom stereocenters. The number of hydrogen-bond donors (Lipinski definition) is 1. The highest BCUT2D eigenvalue weighted by molar-refractivity contribution is 5.40. The van der Waals surface area contributed by atoms with Crippen LogP contribution in [0, 0.1) is 6.92 Å². The van der Waals surface area contributed by atoms with Crippen LogP contribution in [0.4, 0.5) is 0 Å². The zero-order valence-corrected chi connectivity index (χ0v) is 8.12. The molecule has 0 aliphatic rings. The Morgan fingerprint density at radius 2 is 2.08 bits per heavy atom. The molecule has 0 bridgehead atoms. The number of rotatable bonds is 1. The van der Waals surface area contributed by atoms with Crippen LogP contribution >= 0.6 is 0 Å². The molecule has 13 heavy (non-hydrogen) atoms. The molecular formula is C12H15N. The Labute approximate surface area is 78.9 Å². The predicted octanol–water partition coefficient (Wildman–Crippen LogP) is 1.05. The average molecular weight is 173 g/mol. The second-order valence-corrected chi connectivity index (χ2v) is 2.92. The summed E-state index contributed by atoms with van der Waals surface area (Å²) in [6.07, 6.45) is 7.53. The van der Waals surface area contributed by atoms with Crippen LogP contribution in [0.1, 0.15) is 12.5 Å². The zero-order valence-electron chi connectivity index (χ0n) is 8.12. The highest BCUT2D eigenvalue weighted by atomic mass is 14.5. The lowest BCUT2D eigenvalue weighted by Gasteiger charge is -1.94. The van der Waals surface area contributed by atoms with Gasteiger partial charge in [0.15, 0.2) is 0 Å². The van der Waals surface area contributed by atoms with Crippen molar-refractivity contribution in [2.75, 3.05) is 0 Å². The Kier molecular flexibility index (Phi) is 3.32. The van der Waals surface area contributed by atoms with Crippen LogP contribution in [0.3, 0.4) is 0 Å². The summed E-state index contributed by atoms with van der Waals surface area (Å²) >= 11 is 0. The quantitative estimate of drug-likeness (QED) is 0.675. The summed E-state index contributed by atoms with van der Waals surface area (Å²) in [7, 11) is 0. The van der Waals surface area contributed by atoms with Gasteiger partial charge in [0, 0.05) is 0 Å². The lowest BCUT2D eigenvalue weighted by Crippen LogP contribution is -2.26. The number of hydrogen-bond acceptors (Lipinski definition) is 1. The first-order chi connectivity index (χ1) is 6.29. The third-order valence-corrected chi connectivity index (χ3v) is 2.03. The second kappa shape index (κ2) is 4.51. The molecule has 0 fully saturated rings. The van der Waals surface area contributed by atoms with Crippen molar-refractivity contribution in [3.63, 3.8) is 0 Å². The molecular weight excluding hydrogens is 158 g/mol. The largest absolute Gasteiger partial charge is 0.405 e. The van der Waals surface area contributed by atoms with Gasteiger partial charge in [-0.25, -0.2) is 0 Å². The van der Waals surface area contributed by atoms with Crippen LogP contribution in [0.15, 0.2) is 30.5 Å². The van der Waals surface area contributed by atoms with Crippen LogP contribution in [0.5, 0.6) is 0 Å². The summed E-state index contributed by atoms with van der Waals surface area (Å²) in [5, 5.41) is 2.49. The number of benzene rings is 1. The maximum absolute atomic E-state index is 5.28. The van der Waals surface area contributed by atoms with E-state index >= 15 is 0 Å². The minimum absolute atomic E-state index is 1.21. The molecule has 0 radical (unpaired) electrons. The summed E-state index contributed by atoms with van der Waals surface area (Å²) in [6.45, 7) is 4.16. The van der Waals surface area contributed by atoms with Gasteiger partial charge in [-0.1, -0.05) is 30.4 Å². The van der Waals surface area contributed by atoms with Crippen molar-refractivity contribution in [1.29, 1.82) is 0 Å². The molecule has 0 aliphatic heterocycles. The van der Waals surface area contributed by atoms with Gasteiger partial charge in [0.2, 0.25) is 0 Å². The van der Waals surface area contributed by atoms with Gasteiger partial charge in [-0.3, -0.25) is 0 Å². The first-order valence-corrected chi connectivity index (χ1v) is 4.40. The molecule has 1 aromatic carbocycles. The molecule has 0 saturated heterocycles. The fraction of sp³-hybridized carbons (Fsp3) is 0.167. The van der Waals surface area contributed by atoms with E-state index in [1.54, 1.807) is 6.20 Å². The Hall–Kier alpha value is -1.50. The van der Waals surface area contributed by atoms with E-state index in [4.69, 9.17) is 5.73 Å². The van der Waals surface area contributed by atoms with E-state index < -0.39 is 0 Å². The standard InChI is InChI=1S/C12H15N/c1-3-12-10(2)6-4-7-11(12)8-5-9-13/h3-9H,13H2,1-2H3/b9-5-,11-8-,12-3+. The molecule has 1 aromatic rings. The molecule has 1 nitrogen and oxygen atoms in total. The Balaban J connectivity index is 3.47. The molecule has 1 heteroatoms. The van der Waals surface area contributed by atoms with Gasteiger partial charge >= 0.3 is 0 Å². The van der Waals surface area contributed by atoms with Gasteiger partial charge in [-0.15, -0.1) is 0 Å². The van der Waals surface area contributed by atoms with Crippen molar-refractivity contribution in [2.24, 2.45) is 5.73 Å². The number of allylic oxidation sites excluding steroid dienone is 1. The molecule has 0 spiro atoms. The molecule has 0 atom stereocenters. The first kappa shape index (κ1) is 9.59. The van der Waals surface area contributed by atoms with Crippen molar-refractivity contribution in [3.05, 3.63) is 46.5 Å². The maximum atomic E-state index is 5.28. The van der Waals surface area contributed by atoms with Crippen molar-refractivity contribution in [1.82, 2.24) is 0 Å². The first-order valence-electron chi connectivity index (χ1n) is 4.40. The second-order valence-electron chi connectivity index (χ2n) is 2.92. The number of aryl methyl sites for hydroxylation is 1. The van der Waals surface area contributed by atoms with Crippen molar-refractivity contribution in [3.8, 4) is 0 Å². The van der Waals surface area contributed by atoms with Gasteiger partial charge in [0.05, 0.1) is 0 Å². The summed E-state index contributed by atoms with van der Waals surface area (Å²) in [6, 6.07) is 6.25. The lowest BCUT2D eigenvalue weighted by atomic mass is 10.1. The van der Waals surface area contributed by atoms with Crippen molar-refractivity contribution < 1.29 is 0 Å². The molecule has 1 rings (SSSR count). The third-order valence-electron chi connectivity index (χ3n) is 2.03. The summed E-state index contributed by atoms with van der Waals surface area (Å²) in [5.41, 5.74) is 6.58. The van der Waals surface area contributed by atoms with Crippen LogP contribution < -0.4 is 16.2 Å². The summed E-state index contributed by atoms with van der Waals surface area (Å²) in [5.74, 6) is 0. The van der Waals surface area contributed by atoms with Crippen LogP contribution in [-0.2, 0) is 0 Å². The topological polar surface area (TPSA) is 26.0 Å². The minimum Gasteiger partial charge on any atom is -0.405 e. The minimum atomic E-state index is 1.21. The Morgan fingerprint density at radius 1 is 1.31 bits per heavy atom. The van der Waals surface area contributed by atoms with Crippen molar-refractivity contribution >= 4 is 12.2 Å². The van der Waals surface area contributed by atoms with E-state index in [-0.39, 0.29) is 0 Å². The van der Waals surface area contributed by atoms with E-state index in [1.807, 2.05) is 19.1 Å². The van der Waals surface area contributed by atoms with Crippen LogP contribution in [0.25, 0.3) is 12.2 Å². The van der Waals surface area contributed by atoms with E-state index in [0.29, 0.717) is 0 Å². The highest BCUT2D eigenvalue weighted by Gasteiger charge is 1.86. The highest BCUT2D eigenvalue weighted by Crippen LogP contribution is 1.83. The molecule has 2 N–H and O–H groups in total. The number of nitrogens with two attached hydrogens (primary N) is 1. The molecule has 0 amide bonds. The zero-order chi connectivity index (χ0) is 9.68. The van der Waals surface area contributed by atoms with Gasteiger partial charge in [0.1, 0.15) is 0 Å². The van der Waals surface area contributed by atoms with Crippen LogP contribution in [-0.4, -0.2) is 0 Å². The molecule has 68 valence electrons. The average Bonchev–Trinajstić information content (AvgIpc) is 2.15. The predicted molar refractivity (Wildman–Crippen MR) is 58.4 cm³/mol. The summed E-state index contributed by atoms with van der Waals surface area (Å²) < 4.78 is 0. The molecule has 0 aliphatic carbocycles. The van der Waals surface area contributed by atoms with Crippen LogP contribution in [0.2, 0.25) is 0 Å². The lowest BCUT2D eigenvalue weighted by molar-refractivity contribution is 1.36. The van der Waals surface area contributed by atoms with Gasteiger partial charge in [-0.05, 0) is 42.1 Å². The Morgan fingerprint density at radius 3 is 2.69 bits per heavy atom. The van der Waals surface area contributed by atoms with E-state index in [2.05, 4.69) is 31.2 Å². The smallest absolute Gasteiger partial charge is 0.00622 e. The maximum Gasteiger partial charge on any atom is -0.00622 e. The fourth-order valence-corrected chi connectivity index (χ4v) is 1.40. The molecule has 0 saturated carbocycles. The van der Waals surface area contributed by atoms with Gasteiger partial charge in [-0.2, -0.15) is 0 Å². The van der Waals surface area contributed by atoms with Gasteiger partial charge in [0.25, 0.3) is 0 Å². The van der Waals surface area contributed by atoms with Gasteiger partial charge < -0.3 is 5.73 Å². The molecule has 0 aromatic heterocycles. The van der Waals surface area contributed by atoms with Crippen molar-refractivity contribution in [2.45, 2.75) is 13.8 Å². The monoisotopic (exact) mass is 173 g/mol. The Bertz CT molecular complexity index is 413.